The van der Waals surface area contributed by atoms with Crippen LogP contribution in [0.5, 0.6) is 5.75 Å². The first-order valence-corrected chi connectivity index (χ1v) is 8.07. The van der Waals surface area contributed by atoms with Crippen LogP contribution in [0.2, 0.25) is 5.02 Å². The van der Waals surface area contributed by atoms with Crippen LogP contribution in [0.3, 0.4) is 0 Å². The first-order valence-electron chi connectivity index (χ1n) is 7.70. The molecule has 0 aliphatic carbocycles. The standard InChI is InChI=1S/C20H16ClF2NO/c1-25-20-8-3-2-5-14(20)13-9-10-19(16(21)11-13)24-12-15-17(22)6-4-7-18(15)23/h2-11,24H,12H2,1H3. The van der Waals surface area contributed by atoms with Crippen molar-refractivity contribution in [2.24, 2.45) is 0 Å². The van der Waals surface area contributed by atoms with E-state index < -0.39 is 11.6 Å². The summed E-state index contributed by atoms with van der Waals surface area (Å²) in [4.78, 5) is 0. The second-order valence-corrected chi connectivity index (χ2v) is 5.86. The lowest BCUT2D eigenvalue weighted by atomic mass is 10.0. The fraction of sp³-hybridized carbons (Fsp3) is 0.100. The minimum atomic E-state index is -0.589. The number of methoxy groups -OCH3 is 1. The monoisotopic (exact) mass is 359 g/mol. The van der Waals surface area contributed by atoms with Crippen molar-refractivity contribution < 1.29 is 13.5 Å². The van der Waals surface area contributed by atoms with Gasteiger partial charge in [0.2, 0.25) is 0 Å². The van der Waals surface area contributed by atoms with Gasteiger partial charge in [-0.1, -0.05) is 41.9 Å². The van der Waals surface area contributed by atoms with E-state index in [1.807, 2.05) is 30.3 Å². The molecular formula is C20H16ClF2NO. The van der Waals surface area contributed by atoms with Gasteiger partial charge in [0.05, 0.1) is 17.8 Å². The molecule has 2 nitrogen and oxygen atoms in total. The quantitative estimate of drug-likeness (QED) is 0.611. The molecule has 0 atom stereocenters. The molecular weight excluding hydrogens is 344 g/mol. The summed E-state index contributed by atoms with van der Waals surface area (Å²) >= 11 is 6.33. The predicted octanol–water partition coefficient (Wildman–Crippen LogP) is 5.91. The van der Waals surface area contributed by atoms with Gasteiger partial charge < -0.3 is 10.1 Å². The van der Waals surface area contributed by atoms with Gasteiger partial charge in [-0.2, -0.15) is 0 Å². The highest BCUT2D eigenvalue weighted by Crippen LogP contribution is 2.34. The van der Waals surface area contributed by atoms with E-state index in [9.17, 15) is 8.78 Å². The summed E-state index contributed by atoms with van der Waals surface area (Å²) in [6.45, 7) is 0.00618. The Bertz CT molecular complexity index is 878. The smallest absolute Gasteiger partial charge is 0.131 e. The minimum Gasteiger partial charge on any atom is -0.496 e. The predicted molar refractivity (Wildman–Crippen MR) is 97.1 cm³/mol. The van der Waals surface area contributed by atoms with E-state index in [2.05, 4.69) is 5.32 Å². The number of para-hydroxylation sites is 1. The molecule has 5 heteroatoms. The van der Waals surface area contributed by atoms with E-state index in [-0.39, 0.29) is 12.1 Å². The van der Waals surface area contributed by atoms with E-state index in [0.717, 1.165) is 16.9 Å². The molecule has 3 aromatic rings. The van der Waals surface area contributed by atoms with E-state index in [1.54, 1.807) is 19.2 Å². The molecule has 3 aromatic carbocycles. The number of nitrogens with one attached hydrogen (secondary N) is 1. The minimum absolute atomic E-state index is 0.00618. The number of ether oxygens (including phenoxy) is 1. The van der Waals surface area contributed by atoms with Gasteiger partial charge in [0.1, 0.15) is 17.4 Å². The summed E-state index contributed by atoms with van der Waals surface area (Å²) in [5.74, 6) is -0.434. The van der Waals surface area contributed by atoms with Crippen LogP contribution >= 0.6 is 11.6 Å². The van der Waals surface area contributed by atoms with Gasteiger partial charge in [0, 0.05) is 17.7 Å². The van der Waals surface area contributed by atoms with Crippen molar-refractivity contribution >= 4 is 17.3 Å². The fourth-order valence-electron chi connectivity index (χ4n) is 2.59. The molecule has 0 amide bonds. The second kappa shape index (κ2) is 7.53. The molecule has 0 heterocycles. The second-order valence-electron chi connectivity index (χ2n) is 5.45. The first kappa shape index (κ1) is 17.2. The summed E-state index contributed by atoms with van der Waals surface area (Å²) in [5, 5.41) is 3.43. The maximum Gasteiger partial charge on any atom is 0.131 e. The molecule has 0 aromatic heterocycles. The third-order valence-electron chi connectivity index (χ3n) is 3.90. The Morgan fingerprint density at radius 3 is 2.36 bits per heavy atom. The number of hydrogen-bond donors (Lipinski definition) is 1. The average Bonchev–Trinajstić information content (AvgIpc) is 2.62. The van der Waals surface area contributed by atoms with Crippen molar-refractivity contribution in [2.45, 2.75) is 6.54 Å². The maximum atomic E-state index is 13.7. The number of halogens is 3. The Labute approximate surface area is 150 Å². The van der Waals surface area contributed by atoms with E-state index in [0.29, 0.717) is 10.7 Å². The highest BCUT2D eigenvalue weighted by Gasteiger charge is 2.11. The summed E-state index contributed by atoms with van der Waals surface area (Å²) in [5.41, 5.74) is 2.39. The average molecular weight is 360 g/mol. The van der Waals surface area contributed by atoms with E-state index in [1.165, 1.54) is 18.2 Å². The Morgan fingerprint density at radius 2 is 1.68 bits per heavy atom. The Hall–Kier alpha value is -2.59. The number of benzene rings is 3. The van der Waals surface area contributed by atoms with Crippen molar-refractivity contribution in [3.63, 3.8) is 0 Å². The third kappa shape index (κ3) is 3.74. The van der Waals surface area contributed by atoms with Gasteiger partial charge in [-0.25, -0.2) is 8.78 Å². The zero-order valence-corrected chi connectivity index (χ0v) is 14.3. The lowest BCUT2D eigenvalue weighted by Crippen LogP contribution is -2.05. The molecule has 1 N–H and O–H groups in total. The van der Waals surface area contributed by atoms with Crippen LogP contribution in [0.4, 0.5) is 14.5 Å². The fourth-order valence-corrected chi connectivity index (χ4v) is 2.84. The van der Waals surface area contributed by atoms with Gasteiger partial charge in [-0.05, 0) is 35.9 Å². The van der Waals surface area contributed by atoms with Gasteiger partial charge in [-0.3, -0.25) is 0 Å². The number of anilines is 1. The highest BCUT2D eigenvalue weighted by atomic mass is 35.5. The first-order chi connectivity index (χ1) is 12.1. The molecule has 0 saturated heterocycles. The largest absolute Gasteiger partial charge is 0.496 e. The zero-order valence-electron chi connectivity index (χ0n) is 13.5. The number of rotatable bonds is 5. The molecule has 128 valence electrons. The van der Waals surface area contributed by atoms with Crippen LogP contribution in [0.25, 0.3) is 11.1 Å². The van der Waals surface area contributed by atoms with Gasteiger partial charge >= 0.3 is 0 Å². The molecule has 0 fully saturated rings. The molecule has 0 aliphatic heterocycles. The van der Waals surface area contributed by atoms with Crippen LogP contribution in [-0.4, -0.2) is 7.11 Å². The van der Waals surface area contributed by atoms with Crippen LogP contribution in [-0.2, 0) is 6.54 Å². The molecule has 3 rings (SSSR count). The van der Waals surface area contributed by atoms with Crippen molar-refractivity contribution in [3.05, 3.63) is 82.9 Å². The molecule has 0 spiro atoms. The Morgan fingerprint density at radius 1 is 0.960 bits per heavy atom. The lowest BCUT2D eigenvalue weighted by molar-refractivity contribution is 0.416. The molecule has 0 saturated carbocycles. The van der Waals surface area contributed by atoms with Crippen LogP contribution in [0.15, 0.2) is 60.7 Å². The normalized spacial score (nSPS) is 10.6. The summed E-state index contributed by atoms with van der Waals surface area (Å²) in [6.07, 6.45) is 0. The highest BCUT2D eigenvalue weighted by molar-refractivity contribution is 6.33. The summed E-state index contributed by atoms with van der Waals surface area (Å²) < 4.78 is 32.8. The van der Waals surface area contributed by atoms with Gasteiger partial charge in [0.25, 0.3) is 0 Å². The summed E-state index contributed by atoms with van der Waals surface area (Å²) in [7, 11) is 1.61. The van der Waals surface area contributed by atoms with Crippen molar-refractivity contribution in [1.82, 2.24) is 0 Å². The van der Waals surface area contributed by atoms with Crippen LogP contribution < -0.4 is 10.1 Å². The lowest BCUT2D eigenvalue weighted by Gasteiger charge is -2.13. The topological polar surface area (TPSA) is 21.3 Å². The molecule has 0 bridgehead atoms. The molecule has 25 heavy (non-hydrogen) atoms. The Balaban J connectivity index is 1.83. The summed E-state index contributed by atoms with van der Waals surface area (Å²) in [6, 6.07) is 16.9. The van der Waals surface area contributed by atoms with Gasteiger partial charge in [0.15, 0.2) is 0 Å². The Kier molecular flexibility index (Phi) is 5.19. The zero-order chi connectivity index (χ0) is 17.8. The van der Waals surface area contributed by atoms with E-state index in [4.69, 9.17) is 16.3 Å². The van der Waals surface area contributed by atoms with Crippen LogP contribution in [0.1, 0.15) is 5.56 Å². The molecule has 0 unspecified atom stereocenters. The van der Waals surface area contributed by atoms with Crippen molar-refractivity contribution in [1.29, 1.82) is 0 Å². The molecule has 0 aliphatic rings. The third-order valence-corrected chi connectivity index (χ3v) is 4.22. The van der Waals surface area contributed by atoms with Gasteiger partial charge in [-0.15, -0.1) is 0 Å². The maximum absolute atomic E-state index is 13.7. The van der Waals surface area contributed by atoms with Crippen molar-refractivity contribution in [2.75, 3.05) is 12.4 Å². The SMILES string of the molecule is COc1ccccc1-c1ccc(NCc2c(F)cccc2F)c(Cl)c1. The van der Waals surface area contributed by atoms with Crippen LogP contribution in [0, 0.1) is 11.6 Å². The number of hydrogen-bond acceptors (Lipinski definition) is 2. The van der Waals surface area contributed by atoms with E-state index >= 15 is 0 Å². The molecule has 0 radical (unpaired) electrons. The van der Waals surface area contributed by atoms with Crippen molar-refractivity contribution in [3.8, 4) is 16.9 Å².